The molecule has 2 rings (SSSR count). The summed E-state index contributed by atoms with van der Waals surface area (Å²) < 4.78 is 0. The van der Waals surface area contributed by atoms with Crippen LogP contribution in [0, 0.1) is 13.8 Å². The molecule has 2 aromatic rings. The van der Waals surface area contributed by atoms with Gasteiger partial charge in [-0.1, -0.05) is 35.4 Å². The van der Waals surface area contributed by atoms with Gasteiger partial charge in [-0.05, 0) is 50.1 Å². The molecule has 18 heavy (non-hydrogen) atoms. The summed E-state index contributed by atoms with van der Waals surface area (Å²) in [5.41, 5.74) is 3.79. The quantitative estimate of drug-likeness (QED) is 0.864. The minimum atomic E-state index is -0.242. The third kappa shape index (κ3) is 3.97. The molecule has 0 amide bonds. The van der Waals surface area contributed by atoms with Crippen LogP contribution in [0.1, 0.15) is 28.0 Å². The fraction of sp³-hybridized carbons (Fsp3) is 0.375. The Morgan fingerprint density at radius 3 is 2.50 bits per heavy atom. The molecule has 0 aliphatic carbocycles. The van der Waals surface area contributed by atoms with Gasteiger partial charge in [0.2, 0.25) is 0 Å². The van der Waals surface area contributed by atoms with Gasteiger partial charge in [0, 0.05) is 4.88 Å². The van der Waals surface area contributed by atoms with E-state index in [-0.39, 0.29) is 6.10 Å². The second kappa shape index (κ2) is 6.17. The highest BCUT2D eigenvalue weighted by Crippen LogP contribution is 2.15. The first-order valence-corrected chi connectivity index (χ1v) is 7.29. The minimum Gasteiger partial charge on any atom is -0.393 e. The van der Waals surface area contributed by atoms with Crippen LogP contribution in [0.3, 0.4) is 0 Å². The van der Waals surface area contributed by atoms with Gasteiger partial charge in [-0.15, -0.1) is 11.3 Å². The van der Waals surface area contributed by atoms with Gasteiger partial charge in [0.15, 0.2) is 0 Å². The first-order chi connectivity index (χ1) is 8.63. The molecule has 1 nitrogen and oxygen atoms in total. The predicted octanol–water partition coefficient (Wildman–Crippen LogP) is 3.90. The lowest BCUT2D eigenvalue weighted by Crippen LogP contribution is -2.11. The lowest BCUT2D eigenvalue weighted by atomic mass is 10.00. The van der Waals surface area contributed by atoms with Gasteiger partial charge in [0.1, 0.15) is 0 Å². The zero-order valence-electron chi connectivity index (χ0n) is 11.0. The number of thiophene rings is 1. The minimum absolute atomic E-state index is 0.242. The van der Waals surface area contributed by atoms with E-state index in [0.29, 0.717) is 0 Å². The van der Waals surface area contributed by atoms with Crippen molar-refractivity contribution in [2.24, 2.45) is 0 Å². The van der Waals surface area contributed by atoms with Crippen molar-refractivity contribution in [1.29, 1.82) is 0 Å². The highest BCUT2D eigenvalue weighted by atomic mass is 32.1. The van der Waals surface area contributed by atoms with Crippen LogP contribution in [-0.4, -0.2) is 11.2 Å². The normalized spacial score (nSPS) is 12.6. The summed E-state index contributed by atoms with van der Waals surface area (Å²) in [6.07, 6.45) is 2.33. The molecule has 1 N–H and O–H groups in total. The molecule has 0 spiro atoms. The average molecular weight is 260 g/mol. The first kappa shape index (κ1) is 13.3. The molecule has 0 saturated carbocycles. The van der Waals surface area contributed by atoms with Gasteiger partial charge < -0.3 is 5.11 Å². The maximum absolute atomic E-state index is 10.1. The van der Waals surface area contributed by atoms with E-state index in [1.54, 1.807) is 11.3 Å². The van der Waals surface area contributed by atoms with Crippen LogP contribution in [-0.2, 0) is 12.8 Å². The Kier molecular flexibility index (Phi) is 4.56. The Labute approximate surface area is 113 Å². The molecule has 0 aliphatic heterocycles. The SMILES string of the molecule is Cc1cc(C)cc(CC(O)CCc2cccs2)c1. The molecule has 0 radical (unpaired) electrons. The van der Waals surface area contributed by atoms with Crippen molar-refractivity contribution in [2.45, 2.75) is 39.2 Å². The molecule has 96 valence electrons. The van der Waals surface area contributed by atoms with Crippen LogP contribution in [0.25, 0.3) is 0 Å². The number of rotatable bonds is 5. The van der Waals surface area contributed by atoms with Crippen molar-refractivity contribution in [3.8, 4) is 0 Å². The van der Waals surface area contributed by atoms with Gasteiger partial charge >= 0.3 is 0 Å². The highest BCUT2D eigenvalue weighted by Gasteiger charge is 2.07. The van der Waals surface area contributed by atoms with E-state index in [1.165, 1.54) is 21.6 Å². The fourth-order valence-electron chi connectivity index (χ4n) is 2.32. The van der Waals surface area contributed by atoms with E-state index in [1.807, 2.05) is 0 Å². The summed E-state index contributed by atoms with van der Waals surface area (Å²) in [5, 5.41) is 12.2. The topological polar surface area (TPSA) is 20.2 Å². The zero-order valence-corrected chi connectivity index (χ0v) is 11.8. The molecule has 0 fully saturated rings. The van der Waals surface area contributed by atoms with Crippen molar-refractivity contribution in [2.75, 3.05) is 0 Å². The van der Waals surface area contributed by atoms with E-state index >= 15 is 0 Å². The monoisotopic (exact) mass is 260 g/mol. The molecular weight excluding hydrogens is 240 g/mol. The maximum Gasteiger partial charge on any atom is 0.0584 e. The van der Waals surface area contributed by atoms with Crippen LogP contribution >= 0.6 is 11.3 Å². The highest BCUT2D eigenvalue weighted by molar-refractivity contribution is 7.09. The smallest absolute Gasteiger partial charge is 0.0584 e. The molecule has 1 aromatic heterocycles. The molecule has 0 bridgehead atoms. The van der Waals surface area contributed by atoms with Gasteiger partial charge in [-0.2, -0.15) is 0 Å². The van der Waals surface area contributed by atoms with Crippen molar-refractivity contribution < 1.29 is 5.11 Å². The van der Waals surface area contributed by atoms with Crippen LogP contribution in [0.2, 0.25) is 0 Å². The molecule has 1 unspecified atom stereocenters. The van der Waals surface area contributed by atoms with Gasteiger partial charge in [0.25, 0.3) is 0 Å². The summed E-state index contributed by atoms with van der Waals surface area (Å²) in [7, 11) is 0. The summed E-state index contributed by atoms with van der Waals surface area (Å²) in [4.78, 5) is 1.36. The third-order valence-electron chi connectivity index (χ3n) is 3.06. The Morgan fingerprint density at radius 2 is 1.89 bits per heavy atom. The fourth-order valence-corrected chi connectivity index (χ4v) is 3.05. The first-order valence-electron chi connectivity index (χ1n) is 6.41. The Hall–Kier alpha value is -1.12. The molecule has 0 saturated heterocycles. The Balaban J connectivity index is 1.88. The van der Waals surface area contributed by atoms with Crippen LogP contribution in [0.15, 0.2) is 35.7 Å². The van der Waals surface area contributed by atoms with E-state index in [4.69, 9.17) is 0 Å². The van der Waals surface area contributed by atoms with Crippen LogP contribution in [0.4, 0.5) is 0 Å². The number of aryl methyl sites for hydroxylation is 3. The second-order valence-corrected chi connectivity index (χ2v) is 6.00. The molecule has 0 aliphatic rings. The lowest BCUT2D eigenvalue weighted by Gasteiger charge is -2.11. The molecule has 1 atom stereocenters. The zero-order chi connectivity index (χ0) is 13.0. The summed E-state index contributed by atoms with van der Waals surface area (Å²) in [5.74, 6) is 0. The summed E-state index contributed by atoms with van der Waals surface area (Å²) in [6, 6.07) is 10.7. The maximum atomic E-state index is 10.1. The number of aliphatic hydroxyl groups excluding tert-OH is 1. The standard InChI is InChI=1S/C16H20OS/c1-12-8-13(2)10-14(9-12)11-15(17)5-6-16-4-3-7-18-16/h3-4,7-10,15,17H,5-6,11H2,1-2H3. The molecule has 1 aromatic carbocycles. The Morgan fingerprint density at radius 1 is 1.17 bits per heavy atom. The number of benzene rings is 1. The van der Waals surface area contributed by atoms with Crippen molar-refractivity contribution in [3.63, 3.8) is 0 Å². The number of hydrogen-bond acceptors (Lipinski definition) is 2. The van der Waals surface area contributed by atoms with Gasteiger partial charge in [0.05, 0.1) is 6.10 Å². The molecule has 2 heteroatoms. The molecule has 1 heterocycles. The average Bonchev–Trinajstić information content (AvgIpc) is 2.77. The van der Waals surface area contributed by atoms with Crippen LogP contribution < -0.4 is 0 Å². The van der Waals surface area contributed by atoms with Crippen LogP contribution in [0.5, 0.6) is 0 Å². The lowest BCUT2D eigenvalue weighted by molar-refractivity contribution is 0.165. The Bertz CT molecular complexity index is 468. The number of aliphatic hydroxyl groups is 1. The predicted molar refractivity (Wildman–Crippen MR) is 78.3 cm³/mol. The van der Waals surface area contributed by atoms with E-state index in [2.05, 4.69) is 49.6 Å². The largest absolute Gasteiger partial charge is 0.393 e. The third-order valence-corrected chi connectivity index (χ3v) is 3.99. The summed E-state index contributed by atoms with van der Waals surface area (Å²) in [6.45, 7) is 4.21. The van der Waals surface area contributed by atoms with Gasteiger partial charge in [-0.3, -0.25) is 0 Å². The van der Waals surface area contributed by atoms with Crippen molar-refractivity contribution in [1.82, 2.24) is 0 Å². The van der Waals surface area contributed by atoms with E-state index < -0.39 is 0 Å². The number of hydrogen-bond donors (Lipinski definition) is 1. The summed E-state index contributed by atoms with van der Waals surface area (Å²) >= 11 is 1.76. The van der Waals surface area contributed by atoms with Gasteiger partial charge in [-0.25, -0.2) is 0 Å². The van der Waals surface area contributed by atoms with E-state index in [0.717, 1.165) is 19.3 Å². The second-order valence-electron chi connectivity index (χ2n) is 4.97. The van der Waals surface area contributed by atoms with Crippen molar-refractivity contribution in [3.05, 3.63) is 57.3 Å². The molecular formula is C16H20OS. The van der Waals surface area contributed by atoms with Crippen molar-refractivity contribution >= 4 is 11.3 Å². The van der Waals surface area contributed by atoms with E-state index in [9.17, 15) is 5.11 Å².